The molecule has 1 aliphatic heterocycles. The van der Waals surface area contributed by atoms with Crippen LogP contribution in [0.1, 0.15) is 24.1 Å². The lowest BCUT2D eigenvalue weighted by molar-refractivity contribution is -0.925. The third-order valence-electron chi connectivity index (χ3n) is 3.77. The summed E-state index contributed by atoms with van der Waals surface area (Å²) in [6, 6.07) is 4.59. The van der Waals surface area contributed by atoms with Gasteiger partial charge in [0.25, 0.3) is 0 Å². The number of nitrogens with one attached hydrogen (secondary N) is 1. The number of benzene rings is 1. The third-order valence-corrected chi connectivity index (χ3v) is 3.77. The van der Waals surface area contributed by atoms with Crippen LogP contribution >= 0.6 is 0 Å². The predicted molar refractivity (Wildman–Crippen MR) is 71.2 cm³/mol. The van der Waals surface area contributed by atoms with Crippen molar-refractivity contribution in [2.24, 2.45) is 0 Å². The van der Waals surface area contributed by atoms with Crippen molar-refractivity contribution < 1.29 is 14.4 Å². The molecule has 2 unspecified atom stereocenters. The summed E-state index contributed by atoms with van der Waals surface area (Å²) in [6.45, 7) is 4.07. The molecular weight excluding hydrogens is 226 g/mol. The number of ether oxygens (including phenoxy) is 2. The van der Waals surface area contributed by atoms with Gasteiger partial charge in [0.1, 0.15) is 12.6 Å². The second kappa shape index (κ2) is 5.32. The van der Waals surface area contributed by atoms with E-state index >= 15 is 0 Å². The third kappa shape index (κ3) is 2.16. The van der Waals surface area contributed by atoms with Crippen molar-refractivity contribution >= 4 is 0 Å². The standard InChI is InChI=1S/C15H19NO2/c1-5-7-16-8-6-12-9-14(17-3)15(18-4)10-13(12)11(16)2/h1,9-11H,6-8H2,2-4H3/p+1. The number of hydrogen-bond donors (Lipinski definition) is 1. The predicted octanol–water partition coefficient (Wildman–Crippen LogP) is 0.839. The van der Waals surface area contributed by atoms with Crippen molar-refractivity contribution in [2.75, 3.05) is 27.3 Å². The topological polar surface area (TPSA) is 22.9 Å². The van der Waals surface area contributed by atoms with Gasteiger partial charge in [0.05, 0.1) is 20.8 Å². The fourth-order valence-electron chi connectivity index (χ4n) is 2.66. The van der Waals surface area contributed by atoms with Gasteiger partial charge < -0.3 is 14.4 Å². The maximum absolute atomic E-state index is 5.43. The summed E-state index contributed by atoms with van der Waals surface area (Å²) < 4.78 is 10.7. The highest BCUT2D eigenvalue weighted by Crippen LogP contribution is 2.33. The van der Waals surface area contributed by atoms with Crippen molar-refractivity contribution in [1.29, 1.82) is 0 Å². The van der Waals surface area contributed by atoms with E-state index in [0.29, 0.717) is 6.04 Å². The first-order chi connectivity index (χ1) is 8.71. The van der Waals surface area contributed by atoms with Crippen LogP contribution in [0.2, 0.25) is 0 Å². The highest BCUT2D eigenvalue weighted by molar-refractivity contribution is 5.48. The molecule has 0 aromatic heterocycles. The van der Waals surface area contributed by atoms with Gasteiger partial charge in [-0.1, -0.05) is 0 Å². The average molecular weight is 246 g/mol. The van der Waals surface area contributed by atoms with Crippen molar-refractivity contribution in [3.63, 3.8) is 0 Å². The smallest absolute Gasteiger partial charge is 0.161 e. The van der Waals surface area contributed by atoms with E-state index in [9.17, 15) is 0 Å². The second-order valence-electron chi connectivity index (χ2n) is 4.67. The number of fused-ring (bicyclic) bond motifs is 1. The Kier molecular flexibility index (Phi) is 3.78. The lowest BCUT2D eigenvalue weighted by Gasteiger charge is -2.31. The summed E-state index contributed by atoms with van der Waals surface area (Å²) in [6.07, 6.45) is 6.47. The zero-order chi connectivity index (χ0) is 13.1. The number of hydrogen-bond acceptors (Lipinski definition) is 2. The molecule has 0 aliphatic carbocycles. The van der Waals surface area contributed by atoms with Crippen LogP contribution in [0.5, 0.6) is 11.5 Å². The zero-order valence-corrected chi connectivity index (χ0v) is 11.2. The minimum atomic E-state index is 0.407. The van der Waals surface area contributed by atoms with E-state index in [4.69, 9.17) is 15.9 Å². The Bertz CT molecular complexity index is 476. The largest absolute Gasteiger partial charge is 0.493 e. The molecule has 1 aromatic carbocycles. The van der Waals surface area contributed by atoms with Crippen molar-refractivity contribution in [2.45, 2.75) is 19.4 Å². The van der Waals surface area contributed by atoms with Crippen molar-refractivity contribution in [1.82, 2.24) is 0 Å². The number of methoxy groups -OCH3 is 2. The maximum atomic E-state index is 5.43. The van der Waals surface area contributed by atoms with Crippen molar-refractivity contribution in [3.05, 3.63) is 23.3 Å². The highest BCUT2D eigenvalue weighted by Gasteiger charge is 2.28. The fraction of sp³-hybridized carbons (Fsp3) is 0.467. The summed E-state index contributed by atoms with van der Waals surface area (Å²) in [7, 11) is 3.34. The van der Waals surface area contributed by atoms with Crippen LogP contribution < -0.4 is 14.4 Å². The van der Waals surface area contributed by atoms with E-state index in [1.54, 1.807) is 14.2 Å². The molecule has 1 aromatic rings. The molecule has 0 fully saturated rings. The van der Waals surface area contributed by atoms with Gasteiger partial charge in [-0.05, 0) is 30.5 Å². The van der Waals surface area contributed by atoms with E-state index in [2.05, 4.69) is 25.0 Å². The lowest BCUT2D eigenvalue weighted by atomic mass is 9.93. The Hall–Kier alpha value is -1.66. The van der Waals surface area contributed by atoms with Gasteiger partial charge in [-0.15, -0.1) is 6.42 Å². The Morgan fingerprint density at radius 2 is 2.00 bits per heavy atom. The van der Waals surface area contributed by atoms with Gasteiger partial charge in [0.2, 0.25) is 0 Å². The van der Waals surface area contributed by atoms with Crippen LogP contribution in [-0.2, 0) is 6.42 Å². The minimum Gasteiger partial charge on any atom is -0.493 e. The molecule has 18 heavy (non-hydrogen) atoms. The van der Waals surface area contributed by atoms with Crippen LogP contribution in [-0.4, -0.2) is 27.3 Å². The van der Waals surface area contributed by atoms with E-state index in [1.807, 2.05) is 0 Å². The molecule has 3 nitrogen and oxygen atoms in total. The van der Waals surface area contributed by atoms with Crippen LogP contribution in [0.15, 0.2) is 12.1 Å². The molecule has 1 heterocycles. The van der Waals surface area contributed by atoms with Crippen LogP contribution in [0.3, 0.4) is 0 Å². The first-order valence-corrected chi connectivity index (χ1v) is 6.24. The van der Waals surface area contributed by atoms with Gasteiger partial charge in [-0.2, -0.15) is 0 Å². The van der Waals surface area contributed by atoms with Gasteiger partial charge >= 0.3 is 0 Å². The molecule has 2 rings (SSSR count). The molecule has 0 saturated heterocycles. The zero-order valence-electron chi connectivity index (χ0n) is 11.2. The lowest BCUT2D eigenvalue weighted by Crippen LogP contribution is -3.12. The van der Waals surface area contributed by atoms with E-state index in [0.717, 1.165) is 31.0 Å². The molecular formula is C15H20NO2+. The van der Waals surface area contributed by atoms with E-state index in [1.165, 1.54) is 16.0 Å². The minimum absolute atomic E-state index is 0.407. The molecule has 1 aliphatic rings. The Morgan fingerprint density at radius 3 is 2.61 bits per heavy atom. The van der Waals surface area contributed by atoms with Gasteiger partial charge in [-0.25, -0.2) is 0 Å². The van der Waals surface area contributed by atoms with Gasteiger partial charge in [0, 0.05) is 12.0 Å². The normalized spacial score (nSPS) is 21.9. The van der Waals surface area contributed by atoms with Crippen LogP contribution in [0.25, 0.3) is 0 Å². The number of rotatable bonds is 3. The molecule has 0 amide bonds. The highest BCUT2D eigenvalue weighted by atomic mass is 16.5. The molecule has 0 radical (unpaired) electrons. The second-order valence-corrected chi connectivity index (χ2v) is 4.67. The Balaban J connectivity index is 2.39. The van der Waals surface area contributed by atoms with E-state index in [-0.39, 0.29) is 0 Å². The average Bonchev–Trinajstić information content (AvgIpc) is 2.41. The molecule has 0 bridgehead atoms. The number of quaternary nitrogens is 1. The summed E-state index contributed by atoms with van der Waals surface area (Å²) >= 11 is 0. The fourth-order valence-corrected chi connectivity index (χ4v) is 2.66. The quantitative estimate of drug-likeness (QED) is 0.799. The summed E-state index contributed by atoms with van der Waals surface area (Å²) in [5.41, 5.74) is 2.67. The molecule has 96 valence electrons. The summed E-state index contributed by atoms with van der Waals surface area (Å²) in [5.74, 6) is 4.36. The van der Waals surface area contributed by atoms with Gasteiger partial charge in [-0.3, -0.25) is 0 Å². The Morgan fingerprint density at radius 1 is 1.33 bits per heavy atom. The molecule has 0 saturated carbocycles. The molecule has 3 heteroatoms. The monoisotopic (exact) mass is 246 g/mol. The summed E-state index contributed by atoms with van der Waals surface area (Å²) in [5, 5.41) is 0. The molecule has 0 spiro atoms. The first kappa shape index (κ1) is 12.8. The summed E-state index contributed by atoms with van der Waals surface area (Å²) in [4.78, 5) is 1.44. The molecule has 2 atom stereocenters. The maximum Gasteiger partial charge on any atom is 0.161 e. The van der Waals surface area contributed by atoms with Gasteiger partial charge in [0.15, 0.2) is 11.5 Å². The first-order valence-electron chi connectivity index (χ1n) is 6.24. The van der Waals surface area contributed by atoms with Crippen molar-refractivity contribution in [3.8, 4) is 23.8 Å². The Labute approximate surface area is 109 Å². The SMILES string of the molecule is C#CC[NH+]1CCc2cc(OC)c(OC)cc2C1C. The van der Waals surface area contributed by atoms with E-state index < -0.39 is 0 Å². The van der Waals surface area contributed by atoms with Crippen LogP contribution in [0, 0.1) is 12.3 Å². The number of terminal acetylenes is 1. The van der Waals surface area contributed by atoms with Crippen LogP contribution in [0.4, 0.5) is 0 Å². The molecule has 1 N–H and O–H groups in total.